The minimum atomic E-state index is -1.14. The van der Waals surface area contributed by atoms with E-state index in [9.17, 15) is 9.90 Å². The van der Waals surface area contributed by atoms with E-state index >= 15 is 0 Å². The summed E-state index contributed by atoms with van der Waals surface area (Å²) < 4.78 is 3.48. The lowest BCUT2D eigenvalue weighted by Gasteiger charge is -2.20. The van der Waals surface area contributed by atoms with Crippen molar-refractivity contribution in [3.63, 3.8) is 0 Å². The molecule has 1 fully saturated rings. The number of aliphatic hydroxyl groups is 1. The molecule has 24 heavy (non-hydrogen) atoms. The van der Waals surface area contributed by atoms with Gasteiger partial charge in [0.2, 0.25) is 0 Å². The number of β-amino-alcohol motifs (C(OH)–C–C–N with tert-alkyl or cyclic N) is 1. The molecule has 3 rings (SSSR count). The molecule has 0 bridgehead atoms. The maximum atomic E-state index is 12.6. The molecular weight excluding hydrogens is 308 g/mol. The summed E-state index contributed by atoms with van der Waals surface area (Å²) in [6.07, 6.45) is 6.53. The molecule has 1 saturated heterocycles. The zero-order valence-corrected chi connectivity index (χ0v) is 14.4. The molecule has 1 atom stereocenters. The second kappa shape index (κ2) is 6.35. The van der Waals surface area contributed by atoms with Gasteiger partial charge in [0.15, 0.2) is 0 Å². The summed E-state index contributed by atoms with van der Waals surface area (Å²) in [6.45, 7) is 7.57. The van der Waals surface area contributed by atoms with Crippen molar-refractivity contribution in [2.24, 2.45) is 0 Å². The summed E-state index contributed by atoms with van der Waals surface area (Å²) in [6, 6.07) is 0.179. The minimum absolute atomic E-state index is 0.107. The second-order valence-electron chi connectivity index (χ2n) is 6.68. The topological polar surface area (TPSA) is 89.1 Å². The van der Waals surface area contributed by atoms with Crippen LogP contribution in [0.25, 0.3) is 0 Å². The van der Waals surface area contributed by atoms with Crippen LogP contribution in [0.4, 0.5) is 0 Å². The molecule has 0 aliphatic carbocycles. The SMILES string of the molecule is CCCn1cc(C(=O)N2CCC(O)(c3cn(C(C)C)nn3)C2)cn1. The van der Waals surface area contributed by atoms with Crippen molar-refractivity contribution in [1.29, 1.82) is 0 Å². The lowest BCUT2D eigenvalue weighted by Crippen LogP contribution is -2.34. The third-order valence-electron chi connectivity index (χ3n) is 4.38. The Morgan fingerprint density at radius 1 is 1.42 bits per heavy atom. The first-order chi connectivity index (χ1) is 11.4. The van der Waals surface area contributed by atoms with Gasteiger partial charge < -0.3 is 10.0 Å². The van der Waals surface area contributed by atoms with Gasteiger partial charge in [-0.3, -0.25) is 9.48 Å². The first-order valence-electron chi connectivity index (χ1n) is 8.39. The fraction of sp³-hybridized carbons (Fsp3) is 0.625. The molecule has 2 aromatic heterocycles. The Kier molecular flexibility index (Phi) is 4.40. The van der Waals surface area contributed by atoms with Crippen molar-refractivity contribution in [3.05, 3.63) is 29.8 Å². The van der Waals surface area contributed by atoms with E-state index in [1.54, 1.807) is 32.9 Å². The van der Waals surface area contributed by atoms with Crippen LogP contribution in [0, 0.1) is 0 Å². The van der Waals surface area contributed by atoms with Crippen LogP contribution in [0.15, 0.2) is 18.6 Å². The van der Waals surface area contributed by atoms with Crippen LogP contribution < -0.4 is 0 Å². The largest absolute Gasteiger partial charge is 0.381 e. The third kappa shape index (κ3) is 3.06. The molecule has 0 radical (unpaired) electrons. The van der Waals surface area contributed by atoms with E-state index in [0.29, 0.717) is 24.2 Å². The number of nitrogens with zero attached hydrogens (tertiary/aromatic N) is 6. The highest BCUT2D eigenvalue weighted by atomic mass is 16.3. The number of likely N-dealkylation sites (tertiary alicyclic amines) is 1. The Morgan fingerprint density at radius 3 is 2.88 bits per heavy atom. The quantitative estimate of drug-likeness (QED) is 0.889. The lowest BCUT2D eigenvalue weighted by atomic mass is 10.00. The number of aryl methyl sites for hydroxylation is 1. The van der Waals surface area contributed by atoms with Crippen LogP contribution >= 0.6 is 0 Å². The van der Waals surface area contributed by atoms with Gasteiger partial charge in [0.25, 0.3) is 5.91 Å². The molecule has 0 spiro atoms. The molecule has 8 heteroatoms. The monoisotopic (exact) mass is 332 g/mol. The Labute approximate surface area is 141 Å². The number of carbonyl (C=O) groups excluding carboxylic acids is 1. The molecular formula is C16H24N6O2. The standard InChI is InChI=1S/C16H24N6O2/c1-4-6-21-9-13(8-17-21)15(23)20-7-5-16(24,11-20)14-10-22(12(2)3)19-18-14/h8-10,12,24H,4-7,11H2,1-3H3. The number of amides is 1. The highest BCUT2D eigenvalue weighted by Crippen LogP contribution is 2.31. The van der Waals surface area contributed by atoms with E-state index in [2.05, 4.69) is 22.3 Å². The number of carbonyl (C=O) groups is 1. The van der Waals surface area contributed by atoms with Crippen LogP contribution in [-0.2, 0) is 12.1 Å². The van der Waals surface area contributed by atoms with Gasteiger partial charge >= 0.3 is 0 Å². The molecule has 1 N–H and O–H groups in total. The van der Waals surface area contributed by atoms with Crippen molar-refractivity contribution in [2.45, 2.75) is 51.8 Å². The Bertz CT molecular complexity index is 722. The number of hydrogen-bond donors (Lipinski definition) is 1. The van der Waals surface area contributed by atoms with Gasteiger partial charge in [-0.25, -0.2) is 4.68 Å². The molecule has 8 nitrogen and oxygen atoms in total. The van der Waals surface area contributed by atoms with Crippen LogP contribution in [0.1, 0.15) is 55.7 Å². The van der Waals surface area contributed by atoms with E-state index in [1.165, 1.54) is 0 Å². The van der Waals surface area contributed by atoms with E-state index < -0.39 is 5.60 Å². The van der Waals surface area contributed by atoms with Crippen LogP contribution in [0.2, 0.25) is 0 Å². The minimum Gasteiger partial charge on any atom is -0.381 e. The lowest BCUT2D eigenvalue weighted by molar-refractivity contribution is 0.0381. The van der Waals surface area contributed by atoms with E-state index in [0.717, 1.165) is 13.0 Å². The highest BCUT2D eigenvalue weighted by molar-refractivity contribution is 5.94. The van der Waals surface area contributed by atoms with Gasteiger partial charge in [0.05, 0.1) is 24.5 Å². The van der Waals surface area contributed by atoms with E-state index in [1.807, 2.05) is 13.8 Å². The van der Waals surface area contributed by atoms with E-state index in [4.69, 9.17) is 0 Å². The maximum absolute atomic E-state index is 12.6. The summed E-state index contributed by atoms with van der Waals surface area (Å²) in [5.74, 6) is -0.107. The number of aromatic nitrogens is 5. The predicted molar refractivity (Wildman–Crippen MR) is 87.3 cm³/mol. The highest BCUT2D eigenvalue weighted by Gasteiger charge is 2.42. The van der Waals surface area contributed by atoms with Crippen molar-refractivity contribution < 1.29 is 9.90 Å². The molecule has 0 saturated carbocycles. The fourth-order valence-electron chi connectivity index (χ4n) is 2.93. The Balaban J connectivity index is 1.72. The summed E-state index contributed by atoms with van der Waals surface area (Å²) in [5, 5.41) is 23.2. The molecule has 1 aliphatic rings. The van der Waals surface area contributed by atoms with Crippen molar-refractivity contribution >= 4 is 5.91 Å². The van der Waals surface area contributed by atoms with Gasteiger partial charge in [-0.15, -0.1) is 5.10 Å². The smallest absolute Gasteiger partial charge is 0.257 e. The Morgan fingerprint density at radius 2 is 2.21 bits per heavy atom. The van der Waals surface area contributed by atoms with Gasteiger partial charge in [0.1, 0.15) is 11.3 Å². The first-order valence-corrected chi connectivity index (χ1v) is 8.39. The van der Waals surface area contributed by atoms with Crippen LogP contribution in [0.3, 0.4) is 0 Å². The fourth-order valence-corrected chi connectivity index (χ4v) is 2.93. The first kappa shape index (κ1) is 16.6. The zero-order chi connectivity index (χ0) is 17.3. The van der Waals surface area contributed by atoms with Crippen molar-refractivity contribution in [3.8, 4) is 0 Å². The molecule has 1 aliphatic heterocycles. The van der Waals surface area contributed by atoms with Crippen LogP contribution in [0.5, 0.6) is 0 Å². The summed E-state index contributed by atoms with van der Waals surface area (Å²) in [4.78, 5) is 14.3. The maximum Gasteiger partial charge on any atom is 0.257 e. The number of hydrogen-bond acceptors (Lipinski definition) is 5. The molecule has 1 unspecified atom stereocenters. The normalized spacial score (nSPS) is 21.0. The molecule has 3 heterocycles. The van der Waals surface area contributed by atoms with Gasteiger partial charge in [-0.05, 0) is 20.3 Å². The van der Waals surface area contributed by atoms with Crippen molar-refractivity contribution in [1.82, 2.24) is 29.7 Å². The van der Waals surface area contributed by atoms with Gasteiger partial charge in [0, 0.05) is 31.7 Å². The molecule has 2 aromatic rings. The van der Waals surface area contributed by atoms with E-state index in [-0.39, 0.29) is 18.5 Å². The van der Waals surface area contributed by atoms with Crippen LogP contribution in [-0.4, -0.2) is 53.8 Å². The summed E-state index contributed by atoms with van der Waals surface area (Å²) in [7, 11) is 0. The van der Waals surface area contributed by atoms with Gasteiger partial charge in [-0.1, -0.05) is 12.1 Å². The Hall–Kier alpha value is -2.22. The average Bonchev–Trinajstić information content (AvgIpc) is 3.26. The zero-order valence-electron chi connectivity index (χ0n) is 14.4. The molecule has 0 aromatic carbocycles. The third-order valence-corrected chi connectivity index (χ3v) is 4.38. The average molecular weight is 332 g/mol. The van der Waals surface area contributed by atoms with Gasteiger partial charge in [-0.2, -0.15) is 5.10 Å². The second-order valence-corrected chi connectivity index (χ2v) is 6.68. The molecule has 1 amide bonds. The summed E-state index contributed by atoms with van der Waals surface area (Å²) >= 11 is 0. The summed E-state index contributed by atoms with van der Waals surface area (Å²) in [5.41, 5.74) is -0.0610. The van der Waals surface area contributed by atoms with Crippen molar-refractivity contribution in [2.75, 3.05) is 13.1 Å². The predicted octanol–water partition coefficient (Wildman–Crippen LogP) is 1.20. The molecule has 130 valence electrons. The number of rotatable bonds is 5.